The number of nitrogens with zero attached hydrogens (tertiary/aromatic N) is 2. The van der Waals surface area contributed by atoms with E-state index in [9.17, 15) is 5.11 Å². The first-order chi connectivity index (χ1) is 8.31. The zero-order chi connectivity index (χ0) is 11.7. The van der Waals surface area contributed by atoms with Crippen LogP contribution in [0.1, 0.15) is 44.6 Å². The average molecular weight is 235 g/mol. The Bertz CT molecular complexity index is 361. The van der Waals surface area contributed by atoms with Crippen LogP contribution in [0.3, 0.4) is 0 Å². The summed E-state index contributed by atoms with van der Waals surface area (Å²) in [7, 11) is 0. The SMILES string of the molecule is OCC1(NC2CC2)CCCC(n2cccn2)C1. The molecule has 3 rings (SSSR count). The molecule has 2 saturated carbocycles. The van der Waals surface area contributed by atoms with Gasteiger partial charge in [-0.1, -0.05) is 0 Å². The van der Waals surface area contributed by atoms with Crippen molar-refractivity contribution in [2.75, 3.05) is 6.61 Å². The Balaban J connectivity index is 1.72. The Morgan fingerprint density at radius 2 is 2.29 bits per heavy atom. The molecule has 0 bridgehead atoms. The van der Waals surface area contributed by atoms with Crippen LogP contribution in [0, 0.1) is 0 Å². The third kappa shape index (κ3) is 2.38. The summed E-state index contributed by atoms with van der Waals surface area (Å²) in [6.45, 7) is 0.251. The smallest absolute Gasteiger partial charge is 0.0614 e. The molecule has 0 radical (unpaired) electrons. The molecule has 1 aromatic heterocycles. The molecule has 2 aliphatic rings. The van der Waals surface area contributed by atoms with Crippen LogP contribution in [0.2, 0.25) is 0 Å². The Morgan fingerprint density at radius 3 is 2.94 bits per heavy atom. The lowest BCUT2D eigenvalue weighted by atomic mass is 9.79. The topological polar surface area (TPSA) is 50.1 Å². The Morgan fingerprint density at radius 1 is 1.41 bits per heavy atom. The van der Waals surface area contributed by atoms with Crippen LogP contribution in [0.15, 0.2) is 18.5 Å². The van der Waals surface area contributed by atoms with Gasteiger partial charge in [0.1, 0.15) is 0 Å². The lowest BCUT2D eigenvalue weighted by Crippen LogP contribution is -2.52. The first kappa shape index (κ1) is 11.2. The Hall–Kier alpha value is -0.870. The molecule has 0 aliphatic heterocycles. The van der Waals surface area contributed by atoms with Gasteiger partial charge >= 0.3 is 0 Å². The summed E-state index contributed by atoms with van der Waals surface area (Å²) < 4.78 is 2.05. The molecule has 0 aromatic carbocycles. The van der Waals surface area contributed by atoms with Gasteiger partial charge in [-0.05, 0) is 44.6 Å². The highest BCUT2D eigenvalue weighted by Crippen LogP contribution is 2.37. The molecule has 2 fully saturated rings. The van der Waals surface area contributed by atoms with E-state index < -0.39 is 0 Å². The van der Waals surface area contributed by atoms with Crippen molar-refractivity contribution in [2.24, 2.45) is 0 Å². The second-order valence-corrected chi connectivity index (χ2v) is 5.59. The van der Waals surface area contributed by atoms with Crippen molar-refractivity contribution < 1.29 is 5.11 Å². The molecule has 2 unspecified atom stereocenters. The van der Waals surface area contributed by atoms with Gasteiger partial charge in [-0.25, -0.2) is 0 Å². The number of rotatable bonds is 4. The summed E-state index contributed by atoms with van der Waals surface area (Å²) in [6, 6.07) is 3.07. The monoisotopic (exact) mass is 235 g/mol. The average Bonchev–Trinajstić information content (AvgIpc) is 2.99. The van der Waals surface area contributed by atoms with Gasteiger partial charge in [-0.15, -0.1) is 0 Å². The van der Waals surface area contributed by atoms with Crippen LogP contribution in [-0.2, 0) is 0 Å². The standard InChI is InChI=1S/C13H21N3O/c17-10-13(15-11-4-5-11)6-1-3-12(9-13)16-8-2-7-14-16/h2,7-8,11-12,15,17H,1,3-6,9-10H2. The van der Waals surface area contributed by atoms with Gasteiger partial charge in [-0.3, -0.25) is 4.68 Å². The maximum atomic E-state index is 9.74. The molecule has 94 valence electrons. The van der Waals surface area contributed by atoms with Gasteiger partial charge in [0, 0.05) is 24.0 Å². The molecule has 2 atom stereocenters. The molecular weight excluding hydrogens is 214 g/mol. The minimum atomic E-state index is -0.0595. The number of aromatic nitrogens is 2. The van der Waals surface area contributed by atoms with E-state index in [4.69, 9.17) is 0 Å². The fourth-order valence-corrected chi connectivity index (χ4v) is 3.03. The fraction of sp³-hybridized carbons (Fsp3) is 0.769. The fourth-order valence-electron chi connectivity index (χ4n) is 3.03. The molecule has 17 heavy (non-hydrogen) atoms. The summed E-state index contributed by atoms with van der Waals surface area (Å²) >= 11 is 0. The van der Waals surface area contributed by atoms with Gasteiger partial charge in [0.25, 0.3) is 0 Å². The summed E-state index contributed by atoms with van der Waals surface area (Å²) in [4.78, 5) is 0. The van der Waals surface area contributed by atoms with Crippen LogP contribution in [-0.4, -0.2) is 33.1 Å². The number of hydrogen-bond acceptors (Lipinski definition) is 3. The minimum absolute atomic E-state index is 0.0595. The van der Waals surface area contributed by atoms with Crippen molar-refractivity contribution in [3.63, 3.8) is 0 Å². The molecule has 1 aromatic rings. The highest BCUT2D eigenvalue weighted by molar-refractivity contribution is 5.00. The molecule has 0 spiro atoms. The number of aliphatic hydroxyl groups excluding tert-OH is 1. The highest BCUT2D eigenvalue weighted by Gasteiger charge is 2.40. The van der Waals surface area contributed by atoms with E-state index in [0.29, 0.717) is 12.1 Å². The predicted octanol–water partition coefficient (Wildman–Crippen LogP) is 1.48. The first-order valence-electron chi connectivity index (χ1n) is 6.69. The third-order valence-corrected chi connectivity index (χ3v) is 4.11. The zero-order valence-corrected chi connectivity index (χ0v) is 10.2. The lowest BCUT2D eigenvalue weighted by Gasteiger charge is -2.40. The molecule has 2 N–H and O–H groups in total. The number of hydrogen-bond donors (Lipinski definition) is 2. The van der Waals surface area contributed by atoms with Crippen molar-refractivity contribution in [1.29, 1.82) is 0 Å². The van der Waals surface area contributed by atoms with E-state index in [-0.39, 0.29) is 12.1 Å². The van der Waals surface area contributed by atoms with Crippen molar-refractivity contribution in [3.8, 4) is 0 Å². The van der Waals surface area contributed by atoms with Crippen molar-refractivity contribution >= 4 is 0 Å². The summed E-state index contributed by atoms with van der Waals surface area (Å²) in [6.07, 6.45) is 10.9. The van der Waals surface area contributed by atoms with Crippen molar-refractivity contribution in [1.82, 2.24) is 15.1 Å². The summed E-state index contributed by atoms with van der Waals surface area (Å²) in [5, 5.41) is 17.7. The zero-order valence-electron chi connectivity index (χ0n) is 10.2. The largest absolute Gasteiger partial charge is 0.394 e. The van der Waals surface area contributed by atoms with Crippen LogP contribution < -0.4 is 5.32 Å². The maximum absolute atomic E-state index is 9.74. The predicted molar refractivity (Wildman–Crippen MR) is 65.7 cm³/mol. The Kier molecular flexibility index (Phi) is 2.92. The molecular formula is C13H21N3O. The van der Waals surface area contributed by atoms with E-state index in [1.165, 1.54) is 25.7 Å². The third-order valence-electron chi connectivity index (χ3n) is 4.11. The molecule has 0 amide bonds. The molecule has 4 nitrogen and oxygen atoms in total. The molecule has 2 aliphatic carbocycles. The van der Waals surface area contributed by atoms with Crippen LogP contribution in [0.25, 0.3) is 0 Å². The van der Waals surface area contributed by atoms with Gasteiger partial charge in [0.2, 0.25) is 0 Å². The van der Waals surface area contributed by atoms with Gasteiger partial charge in [0.05, 0.1) is 12.6 Å². The van der Waals surface area contributed by atoms with Gasteiger partial charge < -0.3 is 10.4 Å². The first-order valence-corrected chi connectivity index (χ1v) is 6.69. The second-order valence-electron chi connectivity index (χ2n) is 5.59. The normalized spacial score (nSPS) is 33.8. The highest BCUT2D eigenvalue weighted by atomic mass is 16.3. The second kappa shape index (κ2) is 4.42. The van der Waals surface area contributed by atoms with Gasteiger partial charge in [0.15, 0.2) is 0 Å². The van der Waals surface area contributed by atoms with Crippen LogP contribution >= 0.6 is 0 Å². The van der Waals surface area contributed by atoms with E-state index in [1.807, 2.05) is 18.5 Å². The lowest BCUT2D eigenvalue weighted by molar-refractivity contribution is 0.0928. The van der Waals surface area contributed by atoms with E-state index in [2.05, 4.69) is 15.1 Å². The maximum Gasteiger partial charge on any atom is 0.0614 e. The quantitative estimate of drug-likeness (QED) is 0.831. The van der Waals surface area contributed by atoms with Crippen molar-refractivity contribution in [2.45, 2.75) is 56.1 Å². The summed E-state index contributed by atoms with van der Waals surface area (Å²) in [5.41, 5.74) is -0.0595. The van der Waals surface area contributed by atoms with Crippen LogP contribution in [0.4, 0.5) is 0 Å². The number of aliphatic hydroxyl groups is 1. The number of nitrogens with one attached hydrogen (secondary N) is 1. The molecule has 1 heterocycles. The van der Waals surface area contributed by atoms with E-state index >= 15 is 0 Å². The Labute approximate surface area is 102 Å². The molecule has 0 saturated heterocycles. The minimum Gasteiger partial charge on any atom is -0.394 e. The summed E-state index contributed by atoms with van der Waals surface area (Å²) in [5.74, 6) is 0. The van der Waals surface area contributed by atoms with Crippen LogP contribution in [0.5, 0.6) is 0 Å². The molecule has 4 heteroatoms. The van der Waals surface area contributed by atoms with E-state index in [1.54, 1.807) is 0 Å². The van der Waals surface area contributed by atoms with Crippen molar-refractivity contribution in [3.05, 3.63) is 18.5 Å². The van der Waals surface area contributed by atoms with Gasteiger partial charge in [-0.2, -0.15) is 5.10 Å². The van der Waals surface area contributed by atoms with E-state index in [0.717, 1.165) is 12.8 Å².